The van der Waals surface area contributed by atoms with Gasteiger partial charge in [-0.1, -0.05) is 12.1 Å². The number of rotatable bonds is 4. The number of halogens is 1. The van der Waals surface area contributed by atoms with Gasteiger partial charge in [-0.05, 0) is 31.5 Å². The minimum absolute atomic E-state index is 0.128. The minimum atomic E-state index is -3.54. The van der Waals surface area contributed by atoms with E-state index >= 15 is 0 Å². The van der Waals surface area contributed by atoms with Crippen molar-refractivity contribution in [2.45, 2.75) is 31.3 Å². The molecule has 118 valence electrons. The summed E-state index contributed by atoms with van der Waals surface area (Å²) in [6.07, 6.45) is -0.531. The Bertz CT molecular complexity index is 585. The third kappa shape index (κ3) is 4.23. The molecule has 1 unspecified atom stereocenters. The fraction of sp³-hybridized carbons (Fsp3) is 0.571. The number of sulfonamides is 1. The fourth-order valence-corrected chi connectivity index (χ4v) is 4.13. The first-order chi connectivity index (χ1) is 9.72. The van der Waals surface area contributed by atoms with E-state index in [4.69, 9.17) is 4.74 Å². The van der Waals surface area contributed by atoms with Gasteiger partial charge in [-0.15, -0.1) is 0 Å². The highest BCUT2D eigenvalue weighted by atomic mass is 32.2. The Morgan fingerprint density at radius 3 is 2.57 bits per heavy atom. The van der Waals surface area contributed by atoms with E-state index in [1.165, 1.54) is 28.6 Å². The van der Waals surface area contributed by atoms with Crippen molar-refractivity contribution in [3.63, 3.8) is 0 Å². The smallest absolute Gasteiger partial charge is 0.218 e. The van der Waals surface area contributed by atoms with Crippen molar-refractivity contribution in [1.29, 1.82) is 0 Å². The second-order valence-corrected chi connectivity index (χ2v) is 7.83. The molecule has 0 saturated carbocycles. The van der Waals surface area contributed by atoms with Gasteiger partial charge in [0.05, 0.1) is 24.1 Å². The Hall–Kier alpha value is -1.02. The van der Waals surface area contributed by atoms with Crippen LogP contribution in [0.2, 0.25) is 0 Å². The number of nitrogens with zero attached hydrogens (tertiary/aromatic N) is 1. The van der Waals surface area contributed by atoms with E-state index in [0.717, 1.165) is 0 Å². The lowest BCUT2D eigenvalue weighted by Gasteiger charge is -2.41. The zero-order valence-corrected chi connectivity index (χ0v) is 12.9. The highest BCUT2D eigenvalue weighted by Gasteiger charge is 2.38. The van der Waals surface area contributed by atoms with Gasteiger partial charge >= 0.3 is 0 Å². The van der Waals surface area contributed by atoms with Crippen LogP contribution in [0.3, 0.4) is 0 Å². The highest BCUT2D eigenvalue weighted by Crippen LogP contribution is 2.24. The summed E-state index contributed by atoms with van der Waals surface area (Å²) in [6, 6.07) is 5.40. The Morgan fingerprint density at radius 1 is 1.38 bits per heavy atom. The van der Waals surface area contributed by atoms with Crippen molar-refractivity contribution in [3.8, 4) is 0 Å². The van der Waals surface area contributed by atoms with Crippen LogP contribution >= 0.6 is 0 Å². The molecule has 1 aromatic rings. The topological polar surface area (TPSA) is 66.8 Å². The number of aliphatic hydroxyl groups is 1. The molecule has 0 radical (unpaired) electrons. The predicted octanol–water partition coefficient (Wildman–Crippen LogP) is 1.13. The van der Waals surface area contributed by atoms with Crippen LogP contribution in [0.25, 0.3) is 0 Å². The van der Waals surface area contributed by atoms with Crippen LogP contribution in [-0.2, 0) is 20.5 Å². The average molecular weight is 317 g/mol. The second-order valence-electron chi connectivity index (χ2n) is 5.86. The van der Waals surface area contributed by atoms with Gasteiger partial charge in [0.25, 0.3) is 0 Å². The maximum Gasteiger partial charge on any atom is 0.218 e. The van der Waals surface area contributed by atoms with E-state index < -0.39 is 27.5 Å². The quantitative estimate of drug-likeness (QED) is 0.904. The van der Waals surface area contributed by atoms with Gasteiger partial charge in [-0.3, -0.25) is 0 Å². The summed E-state index contributed by atoms with van der Waals surface area (Å²) in [5.41, 5.74) is -0.122. The number of morpholine rings is 1. The first-order valence-electron chi connectivity index (χ1n) is 6.73. The second kappa shape index (κ2) is 6.00. The van der Waals surface area contributed by atoms with Crippen molar-refractivity contribution < 1.29 is 22.7 Å². The molecular formula is C14H20FNO4S. The molecule has 2 rings (SSSR count). The Morgan fingerprint density at radius 2 is 2.00 bits per heavy atom. The van der Waals surface area contributed by atoms with Crippen LogP contribution < -0.4 is 0 Å². The van der Waals surface area contributed by atoms with Gasteiger partial charge in [0, 0.05) is 13.1 Å². The summed E-state index contributed by atoms with van der Waals surface area (Å²) < 4.78 is 44.8. The van der Waals surface area contributed by atoms with Crippen molar-refractivity contribution in [1.82, 2.24) is 4.31 Å². The molecule has 1 aliphatic rings. The van der Waals surface area contributed by atoms with Gasteiger partial charge in [-0.25, -0.2) is 12.8 Å². The molecule has 1 heterocycles. The van der Waals surface area contributed by atoms with Crippen LogP contribution in [0.4, 0.5) is 4.39 Å². The van der Waals surface area contributed by atoms with Gasteiger partial charge in [0.15, 0.2) is 0 Å². The zero-order chi connectivity index (χ0) is 15.7. The minimum Gasteiger partial charge on any atom is -0.394 e. The summed E-state index contributed by atoms with van der Waals surface area (Å²) >= 11 is 0. The number of hydrogen-bond donors (Lipinski definition) is 1. The highest BCUT2D eigenvalue weighted by molar-refractivity contribution is 7.88. The Labute approximate surface area is 124 Å². The third-order valence-corrected chi connectivity index (χ3v) is 5.07. The van der Waals surface area contributed by atoms with Crippen molar-refractivity contribution in [3.05, 3.63) is 35.6 Å². The summed E-state index contributed by atoms with van der Waals surface area (Å²) in [7, 11) is -3.54. The molecule has 1 aromatic carbocycles. The molecular weight excluding hydrogens is 297 g/mol. The third-order valence-electron chi connectivity index (χ3n) is 3.31. The van der Waals surface area contributed by atoms with E-state index in [2.05, 4.69) is 0 Å². The van der Waals surface area contributed by atoms with E-state index in [-0.39, 0.29) is 25.4 Å². The Kier molecular flexibility index (Phi) is 4.67. The summed E-state index contributed by atoms with van der Waals surface area (Å²) in [4.78, 5) is 0. The van der Waals surface area contributed by atoms with Crippen molar-refractivity contribution >= 4 is 10.0 Å². The van der Waals surface area contributed by atoms with Gasteiger partial charge in [-0.2, -0.15) is 4.31 Å². The molecule has 0 amide bonds. The molecule has 21 heavy (non-hydrogen) atoms. The van der Waals surface area contributed by atoms with Crippen LogP contribution in [0.1, 0.15) is 19.4 Å². The molecule has 0 spiro atoms. The largest absolute Gasteiger partial charge is 0.394 e. The standard InChI is InChI=1S/C14H20FNO4S/c1-14(2)10-16(7-13(8-17)20-14)21(18,19)9-11-3-5-12(15)6-4-11/h3-6,13,17H,7-10H2,1-2H3. The monoisotopic (exact) mass is 317 g/mol. The lowest BCUT2D eigenvalue weighted by atomic mass is 10.1. The molecule has 0 bridgehead atoms. The van der Waals surface area contributed by atoms with Crippen molar-refractivity contribution in [2.75, 3.05) is 19.7 Å². The van der Waals surface area contributed by atoms with Crippen LogP contribution in [-0.4, -0.2) is 49.2 Å². The molecule has 1 N–H and O–H groups in total. The van der Waals surface area contributed by atoms with Gasteiger partial charge in [0.2, 0.25) is 10.0 Å². The van der Waals surface area contributed by atoms with Gasteiger partial charge < -0.3 is 9.84 Å². The summed E-state index contributed by atoms with van der Waals surface area (Å²) in [6.45, 7) is 3.70. The molecule has 7 heteroatoms. The normalized spacial score (nSPS) is 23.1. The number of aliphatic hydroxyl groups excluding tert-OH is 1. The molecule has 1 saturated heterocycles. The van der Waals surface area contributed by atoms with Crippen LogP contribution in [0, 0.1) is 5.82 Å². The van der Waals surface area contributed by atoms with E-state index in [1.807, 2.05) is 0 Å². The predicted molar refractivity (Wildman–Crippen MR) is 76.6 cm³/mol. The van der Waals surface area contributed by atoms with Crippen LogP contribution in [0.5, 0.6) is 0 Å². The molecule has 1 aliphatic heterocycles. The number of ether oxygens (including phenoxy) is 1. The lowest BCUT2D eigenvalue weighted by Crippen LogP contribution is -2.55. The van der Waals surface area contributed by atoms with E-state index in [1.54, 1.807) is 13.8 Å². The molecule has 1 atom stereocenters. The summed E-state index contributed by atoms with van der Waals surface area (Å²) in [5, 5.41) is 9.24. The Balaban J connectivity index is 2.16. The number of hydrogen-bond acceptors (Lipinski definition) is 4. The average Bonchev–Trinajstić information content (AvgIpc) is 2.39. The zero-order valence-electron chi connectivity index (χ0n) is 12.1. The number of benzene rings is 1. The van der Waals surface area contributed by atoms with Crippen LogP contribution in [0.15, 0.2) is 24.3 Å². The lowest BCUT2D eigenvalue weighted by molar-refractivity contribution is -0.131. The maximum absolute atomic E-state index is 12.9. The molecule has 0 aromatic heterocycles. The van der Waals surface area contributed by atoms with Gasteiger partial charge in [0.1, 0.15) is 5.82 Å². The molecule has 1 fully saturated rings. The van der Waals surface area contributed by atoms with E-state index in [0.29, 0.717) is 5.56 Å². The van der Waals surface area contributed by atoms with Crippen molar-refractivity contribution in [2.24, 2.45) is 0 Å². The fourth-order valence-electron chi connectivity index (χ4n) is 2.43. The summed E-state index contributed by atoms with van der Waals surface area (Å²) in [5.74, 6) is -0.592. The first-order valence-corrected chi connectivity index (χ1v) is 8.34. The maximum atomic E-state index is 12.9. The van der Waals surface area contributed by atoms with E-state index in [9.17, 15) is 17.9 Å². The molecule has 0 aliphatic carbocycles. The first kappa shape index (κ1) is 16.4. The SMILES string of the molecule is CC1(C)CN(S(=O)(=O)Cc2ccc(F)cc2)CC(CO)O1. The molecule has 5 nitrogen and oxygen atoms in total.